The van der Waals surface area contributed by atoms with Crippen molar-refractivity contribution in [2.45, 2.75) is 26.5 Å². The van der Waals surface area contributed by atoms with Gasteiger partial charge >= 0.3 is 0 Å². The Hall–Kier alpha value is -2.00. The van der Waals surface area contributed by atoms with Crippen LogP contribution in [0.3, 0.4) is 0 Å². The molecular formula is C18H23NO2. The van der Waals surface area contributed by atoms with Crippen LogP contribution >= 0.6 is 0 Å². The molecule has 112 valence electrons. The van der Waals surface area contributed by atoms with E-state index in [4.69, 9.17) is 9.47 Å². The molecule has 0 aliphatic heterocycles. The molecule has 0 heterocycles. The third kappa shape index (κ3) is 4.23. The van der Waals surface area contributed by atoms with Gasteiger partial charge in [-0.25, -0.2) is 0 Å². The predicted molar refractivity (Wildman–Crippen MR) is 85.9 cm³/mol. The molecule has 0 spiro atoms. The zero-order valence-electron chi connectivity index (χ0n) is 12.9. The first-order valence-corrected chi connectivity index (χ1v) is 7.33. The van der Waals surface area contributed by atoms with E-state index in [-0.39, 0.29) is 6.10 Å². The topological polar surface area (TPSA) is 30.5 Å². The fourth-order valence-corrected chi connectivity index (χ4v) is 2.18. The first kappa shape index (κ1) is 15.4. The van der Waals surface area contributed by atoms with Crippen LogP contribution in [0.5, 0.6) is 11.5 Å². The predicted octanol–water partition coefficient (Wildman–Crippen LogP) is 3.94. The molecule has 0 amide bonds. The summed E-state index contributed by atoms with van der Waals surface area (Å²) in [6.07, 6.45) is -0.0190. The molecule has 0 aliphatic carbocycles. The second-order valence-corrected chi connectivity index (χ2v) is 4.94. The highest BCUT2D eigenvalue weighted by atomic mass is 16.5. The van der Waals surface area contributed by atoms with Gasteiger partial charge in [0.05, 0.1) is 7.11 Å². The summed E-state index contributed by atoms with van der Waals surface area (Å²) in [5.41, 5.74) is 2.34. The summed E-state index contributed by atoms with van der Waals surface area (Å²) < 4.78 is 11.5. The fraction of sp³-hybridized carbons (Fsp3) is 0.333. The maximum atomic E-state index is 6.09. The molecule has 1 atom stereocenters. The lowest BCUT2D eigenvalue weighted by Gasteiger charge is -2.18. The number of methoxy groups -OCH3 is 1. The van der Waals surface area contributed by atoms with Crippen LogP contribution in [0.15, 0.2) is 48.5 Å². The van der Waals surface area contributed by atoms with Crippen LogP contribution in [0, 0.1) is 0 Å². The molecule has 2 rings (SSSR count). The Balaban J connectivity index is 2.16. The van der Waals surface area contributed by atoms with Gasteiger partial charge in [-0.1, -0.05) is 43.3 Å². The SMILES string of the molecule is CCNCc1ccc(OC)c(OC(C)c2ccccc2)c1. The van der Waals surface area contributed by atoms with Gasteiger partial charge in [0.25, 0.3) is 0 Å². The number of benzene rings is 2. The van der Waals surface area contributed by atoms with Gasteiger partial charge in [0.15, 0.2) is 11.5 Å². The Morgan fingerprint density at radius 1 is 1.05 bits per heavy atom. The van der Waals surface area contributed by atoms with Gasteiger partial charge in [0.1, 0.15) is 6.10 Å². The molecule has 0 saturated heterocycles. The molecule has 0 saturated carbocycles. The van der Waals surface area contributed by atoms with Gasteiger partial charge in [0.2, 0.25) is 0 Å². The molecule has 0 aromatic heterocycles. The van der Waals surface area contributed by atoms with E-state index in [1.165, 1.54) is 5.56 Å². The number of nitrogens with one attached hydrogen (secondary N) is 1. The summed E-state index contributed by atoms with van der Waals surface area (Å²) in [5.74, 6) is 1.54. The van der Waals surface area contributed by atoms with Gasteiger partial charge < -0.3 is 14.8 Å². The summed E-state index contributed by atoms with van der Waals surface area (Å²) >= 11 is 0. The standard InChI is InChI=1S/C18H23NO2/c1-4-19-13-15-10-11-17(20-3)18(12-15)21-14(2)16-8-6-5-7-9-16/h5-12,14,19H,4,13H2,1-3H3. The maximum Gasteiger partial charge on any atom is 0.162 e. The van der Waals surface area contributed by atoms with Crippen molar-refractivity contribution in [3.05, 3.63) is 59.7 Å². The molecule has 2 aromatic rings. The van der Waals surface area contributed by atoms with E-state index in [1.807, 2.05) is 37.3 Å². The Kier molecular flexibility index (Phi) is 5.64. The molecule has 0 aliphatic rings. The van der Waals surface area contributed by atoms with Crippen LogP contribution in [-0.2, 0) is 6.54 Å². The minimum atomic E-state index is -0.0190. The molecule has 2 aromatic carbocycles. The van der Waals surface area contributed by atoms with E-state index in [2.05, 4.69) is 30.4 Å². The number of hydrogen-bond acceptors (Lipinski definition) is 3. The molecule has 1 unspecified atom stereocenters. The second-order valence-electron chi connectivity index (χ2n) is 4.94. The lowest BCUT2D eigenvalue weighted by atomic mass is 10.1. The van der Waals surface area contributed by atoms with Crippen molar-refractivity contribution in [2.75, 3.05) is 13.7 Å². The largest absolute Gasteiger partial charge is 0.493 e. The summed E-state index contributed by atoms with van der Waals surface area (Å²) in [4.78, 5) is 0. The molecule has 3 nitrogen and oxygen atoms in total. The van der Waals surface area contributed by atoms with E-state index >= 15 is 0 Å². The van der Waals surface area contributed by atoms with E-state index in [9.17, 15) is 0 Å². The minimum Gasteiger partial charge on any atom is -0.493 e. The van der Waals surface area contributed by atoms with Crippen LogP contribution in [0.2, 0.25) is 0 Å². The van der Waals surface area contributed by atoms with Crippen molar-refractivity contribution in [2.24, 2.45) is 0 Å². The van der Waals surface area contributed by atoms with Crippen molar-refractivity contribution in [1.29, 1.82) is 0 Å². The van der Waals surface area contributed by atoms with Crippen molar-refractivity contribution in [3.63, 3.8) is 0 Å². The third-order valence-electron chi connectivity index (χ3n) is 3.38. The summed E-state index contributed by atoms with van der Waals surface area (Å²) in [6, 6.07) is 16.2. The van der Waals surface area contributed by atoms with Crippen LogP contribution < -0.4 is 14.8 Å². The van der Waals surface area contributed by atoms with Crippen molar-refractivity contribution >= 4 is 0 Å². The third-order valence-corrected chi connectivity index (χ3v) is 3.38. The van der Waals surface area contributed by atoms with Crippen LogP contribution in [-0.4, -0.2) is 13.7 Å². The quantitative estimate of drug-likeness (QED) is 0.835. The summed E-state index contributed by atoms with van der Waals surface area (Å²) in [6.45, 7) is 5.92. The summed E-state index contributed by atoms with van der Waals surface area (Å²) in [7, 11) is 1.67. The average molecular weight is 285 g/mol. The van der Waals surface area contributed by atoms with Gasteiger partial charge in [-0.3, -0.25) is 0 Å². The lowest BCUT2D eigenvalue weighted by molar-refractivity contribution is 0.215. The number of rotatable bonds is 7. The highest BCUT2D eigenvalue weighted by Crippen LogP contribution is 2.32. The van der Waals surface area contributed by atoms with E-state index in [1.54, 1.807) is 7.11 Å². The zero-order chi connectivity index (χ0) is 15.1. The highest BCUT2D eigenvalue weighted by molar-refractivity contribution is 5.43. The minimum absolute atomic E-state index is 0.0190. The average Bonchev–Trinajstić information content (AvgIpc) is 2.54. The molecule has 0 bridgehead atoms. The highest BCUT2D eigenvalue weighted by Gasteiger charge is 2.11. The Bertz CT molecular complexity index is 554. The van der Waals surface area contributed by atoms with Crippen molar-refractivity contribution in [3.8, 4) is 11.5 Å². The first-order chi connectivity index (χ1) is 10.2. The molecule has 1 N–H and O–H groups in total. The Labute approximate surface area is 126 Å². The monoisotopic (exact) mass is 285 g/mol. The van der Waals surface area contributed by atoms with Gasteiger partial charge in [-0.05, 0) is 36.7 Å². The van der Waals surface area contributed by atoms with Gasteiger partial charge in [0, 0.05) is 6.54 Å². The van der Waals surface area contributed by atoms with E-state index in [0.29, 0.717) is 0 Å². The molecule has 21 heavy (non-hydrogen) atoms. The van der Waals surface area contributed by atoms with Crippen molar-refractivity contribution < 1.29 is 9.47 Å². The number of ether oxygens (including phenoxy) is 2. The summed E-state index contributed by atoms with van der Waals surface area (Å²) in [5, 5.41) is 3.32. The molecule has 0 fully saturated rings. The first-order valence-electron chi connectivity index (χ1n) is 7.33. The normalized spacial score (nSPS) is 12.0. The van der Waals surface area contributed by atoms with Crippen LogP contribution in [0.4, 0.5) is 0 Å². The molecular weight excluding hydrogens is 262 g/mol. The second kappa shape index (κ2) is 7.70. The zero-order valence-corrected chi connectivity index (χ0v) is 12.9. The van der Waals surface area contributed by atoms with Gasteiger partial charge in [-0.15, -0.1) is 0 Å². The molecule has 3 heteroatoms. The fourth-order valence-electron chi connectivity index (χ4n) is 2.18. The smallest absolute Gasteiger partial charge is 0.162 e. The molecule has 0 radical (unpaired) electrons. The Morgan fingerprint density at radius 2 is 1.81 bits per heavy atom. The maximum absolute atomic E-state index is 6.09. The Morgan fingerprint density at radius 3 is 2.48 bits per heavy atom. The van der Waals surface area contributed by atoms with Crippen molar-refractivity contribution in [1.82, 2.24) is 5.32 Å². The lowest BCUT2D eigenvalue weighted by Crippen LogP contribution is -2.12. The number of hydrogen-bond donors (Lipinski definition) is 1. The van der Waals surface area contributed by atoms with Crippen LogP contribution in [0.25, 0.3) is 0 Å². The van der Waals surface area contributed by atoms with E-state index < -0.39 is 0 Å². The van der Waals surface area contributed by atoms with Crippen LogP contribution in [0.1, 0.15) is 31.1 Å². The van der Waals surface area contributed by atoms with Gasteiger partial charge in [-0.2, -0.15) is 0 Å². The van der Waals surface area contributed by atoms with E-state index in [0.717, 1.165) is 30.2 Å².